The molecule has 116 valence electrons. The third kappa shape index (κ3) is 7.92. The zero-order chi connectivity index (χ0) is 15.6. The van der Waals surface area contributed by atoms with E-state index in [1.54, 1.807) is 7.11 Å². The monoisotopic (exact) mass is 294 g/mol. The Morgan fingerprint density at radius 2 is 1.75 bits per heavy atom. The lowest BCUT2D eigenvalue weighted by Gasteiger charge is -2.31. The van der Waals surface area contributed by atoms with Crippen LogP contribution < -0.4 is 0 Å². The molecule has 2 heteroatoms. The fraction of sp³-hybridized carbons (Fsp3) is 0.778. The average molecular weight is 295 g/mol. The highest BCUT2D eigenvalue weighted by Gasteiger charge is 2.33. The SMILES string of the molecule is CCCC/C(=C\C#C[Si](C)(C)C(C)(C)C)CCCOC. The number of rotatable bonds is 7. The van der Waals surface area contributed by atoms with Crippen molar-refractivity contribution in [3.63, 3.8) is 0 Å². The first-order valence-corrected chi connectivity index (χ1v) is 10.9. The largest absolute Gasteiger partial charge is 0.385 e. The van der Waals surface area contributed by atoms with E-state index in [4.69, 9.17) is 4.74 Å². The minimum atomic E-state index is -1.47. The summed E-state index contributed by atoms with van der Waals surface area (Å²) in [6.45, 7) is 14.8. The van der Waals surface area contributed by atoms with E-state index in [0.717, 1.165) is 19.4 Å². The number of unbranched alkanes of at least 4 members (excludes halogenated alkanes) is 1. The Morgan fingerprint density at radius 1 is 1.15 bits per heavy atom. The van der Waals surface area contributed by atoms with Gasteiger partial charge < -0.3 is 4.74 Å². The Balaban J connectivity index is 4.74. The maximum absolute atomic E-state index is 5.14. The molecule has 0 radical (unpaired) electrons. The molecular weight excluding hydrogens is 260 g/mol. The van der Waals surface area contributed by atoms with E-state index in [1.165, 1.54) is 24.8 Å². The highest BCUT2D eigenvalue weighted by molar-refractivity contribution is 6.87. The number of allylic oxidation sites excluding steroid dienone is 2. The summed E-state index contributed by atoms with van der Waals surface area (Å²) < 4.78 is 5.14. The van der Waals surface area contributed by atoms with Crippen LogP contribution in [0.5, 0.6) is 0 Å². The van der Waals surface area contributed by atoms with Crippen LogP contribution in [0.1, 0.15) is 59.8 Å². The topological polar surface area (TPSA) is 9.23 Å². The molecule has 0 saturated heterocycles. The summed E-state index contributed by atoms with van der Waals surface area (Å²) in [5.74, 6) is 3.38. The van der Waals surface area contributed by atoms with E-state index >= 15 is 0 Å². The predicted octanol–water partition coefficient (Wildman–Crippen LogP) is 5.58. The third-order valence-corrected chi connectivity index (χ3v) is 8.75. The van der Waals surface area contributed by atoms with Crippen LogP contribution >= 0.6 is 0 Å². The van der Waals surface area contributed by atoms with Crippen molar-refractivity contribution in [1.29, 1.82) is 0 Å². The van der Waals surface area contributed by atoms with Crippen molar-refractivity contribution in [2.75, 3.05) is 13.7 Å². The summed E-state index contributed by atoms with van der Waals surface area (Å²) in [7, 11) is 0.299. The van der Waals surface area contributed by atoms with Crippen LogP contribution in [0.3, 0.4) is 0 Å². The van der Waals surface area contributed by atoms with Gasteiger partial charge in [-0.15, -0.1) is 5.54 Å². The summed E-state index contributed by atoms with van der Waals surface area (Å²) in [5.41, 5.74) is 5.07. The average Bonchev–Trinajstić information content (AvgIpc) is 2.34. The van der Waals surface area contributed by atoms with Crippen molar-refractivity contribution in [3.8, 4) is 11.5 Å². The van der Waals surface area contributed by atoms with Gasteiger partial charge in [-0.2, -0.15) is 0 Å². The molecule has 0 amide bonds. The Morgan fingerprint density at radius 3 is 2.25 bits per heavy atom. The lowest BCUT2D eigenvalue weighted by Crippen LogP contribution is -2.35. The Kier molecular flexibility index (Phi) is 9.17. The standard InChI is InChI=1S/C18H34OSi/c1-8-9-12-17(13-10-15-19-5)14-11-16-20(6,7)18(2,3)4/h14H,8-10,12-13,15H2,1-7H3/b17-14+. The maximum Gasteiger partial charge on any atom is 0.138 e. The highest BCUT2D eigenvalue weighted by Crippen LogP contribution is 2.35. The Bertz CT molecular complexity index is 350. The maximum atomic E-state index is 5.14. The lowest BCUT2D eigenvalue weighted by atomic mass is 10.0. The Labute approximate surface area is 128 Å². The second kappa shape index (κ2) is 9.42. The van der Waals surface area contributed by atoms with Crippen LogP contribution in [0.2, 0.25) is 18.1 Å². The van der Waals surface area contributed by atoms with E-state index < -0.39 is 8.07 Å². The molecule has 0 aromatic rings. The van der Waals surface area contributed by atoms with Crippen molar-refractivity contribution in [2.24, 2.45) is 0 Å². The van der Waals surface area contributed by atoms with Crippen molar-refractivity contribution >= 4 is 8.07 Å². The molecule has 0 saturated carbocycles. The normalized spacial score (nSPS) is 13.1. The van der Waals surface area contributed by atoms with Gasteiger partial charge >= 0.3 is 0 Å². The molecule has 1 nitrogen and oxygen atoms in total. The number of hydrogen-bond acceptors (Lipinski definition) is 1. The first kappa shape index (κ1) is 19.5. The molecule has 0 atom stereocenters. The van der Waals surface area contributed by atoms with Crippen LogP contribution in [-0.4, -0.2) is 21.8 Å². The van der Waals surface area contributed by atoms with Crippen LogP contribution in [-0.2, 0) is 4.74 Å². The molecule has 0 aromatic heterocycles. The van der Waals surface area contributed by atoms with E-state index in [0.29, 0.717) is 5.04 Å². The van der Waals surface area contributed by atoms with Gasteiger partial charge in [-0.25, -0.2) is 0 Å². The van der Waals surface area contributed by atoms with Crippen molar-refractivity contribution in [1.82, 2.24) is 0 Å². The van der Waals surface area contributed by atoms with Gasteiger partial charge in [0.1, 0.15) is 8.07 Å². The van der Waals surface area contributed by atoms with Gasteiger partial charge in [0.25, 0.3) is 0 Å². The van der Waals surface area contributed by atoms with Crippen molar-refractivity contribution in [2.45, 2.75) is 77.9 Å². The van der Waals surface area contributed by atoms with Gasteiger partial charge in [0.2, 0.25) is 0 Å². The number of methoxy groups -OCH3 is 1. The zero-order valence-corrected chi connectivity index (χ0v) is 15.7. The van der Waals surface area contributed by atoms with Crippen LogP contribution in [0.4, 0.5) is 0 Å². The van der Waals surface area contributed by atoms with E-state index in [1.807, 2.05) is 0 Å². The first-order chi connectivity index (χ1) is 9.24. The summed E-state index contributed by atoms with van der Waals surface area (Å²) >= 11 is 0. The molecule has 0 N–H and O–H groups in total. The summed E-state index contributed by atoms with van der Waals surface area (Å²) in [5, 5.41) is 0.341. The van der Waals surface area contributed by atoms with Crippen LogP contribution in [0.25, 0.3) is 0 Å². The minimum Gasteiger partial charge on any atom is -0.385 e. The van der Waals surface area contributed by atoms with E-state index in [2.05, 4.69) is 58.3 Å². The molecule has 0 unspecified atom stereocenters. The number of hydrogen-bond donors (Lipinski definition) is 0. The molecule has 0 heterocycles. The Hall–Kier alpha value is -0.523. The highest BCUT2D eigenvalue weighted by atomic mass is 28.3. The summed E-state index contributed by atoms with van der Waals surface area (Å²) in [6, 6.07) is 0. The van der Waals surface area contributed by atoms with Gasteiger partial charge in [0, 0.05) is 13.7 Å². The second-order valence-corrected chi connectivity index (χ2v) is 12.1. The van der Waals surface area contributed by atoms with Gasteiger partial charge in [0.05, 0.1) is 0 Å². The fourth-order valence-electron chi connectivity index (χ4n) is 1.62. The molecule has 20 heavy (non-hydrogen) atoms. The van der Waals surface area contributed by atoms with Gasteiger partial charge in [-0.05, 0) is 36.8 Å². The smallest absolute Gasteiger partial charge is 0.138 e. The number of ether oxygens (including phenoxy) is 1. The third-order valence-electron chi connectivity index (χ3n) is 4.23. The first-order valence-electron chi connectivity index (χ1n) is 7.94. The second-order valence-electron chi connectivity index (χ2n) is 7.15. The van der Waals surface area contributed by atoms with Gasteiger partial charge in [-0.3, -0.25) is 0 Å². The quantitative estimate of drug-likeness (QED) is 0.338. The van der Waals surface area contributed by atoms with Crippen LogP contribution in [0, 0.1) is 11.5 Å². The molecule has 0 aliphatic rings. The predicted molar refractivity (Wildman–Crippen MR) is 93.7 cm³/mol. The molecule has 0 aliphatic heterocycles. The van der Waals surface area contributed by atoms with E-state index in [9.17, 15) is 0 Å². The van der Waals surface area contributed by atoms with Crippen LogP contribution in [0.15, 0.2) is 11.6 Å². The molecular formula is C18H34OSi. The zero-order valence-electron chi connectivity index (χ0n) is 14.7. The minimum absolute atomic E-state index is 0.341. The van der Waals surface area contributed by atoms with Crippen molar-refractivity contribution < 1.29 is 4.74 Å². The molecule has 0 aromatic carbocycles. The van der Waals surface area contributed by atoms with Crippen molar-refractivity contribution in [3.05, 3.63) is 11.6 Å². The lowest BCUT2D eigenvalue weighted by molar-refractivity contribution is 0.195. The molecule has 0 rings (SSSR count). The fourth-order valence-corrected chi connectivity index (χ4v) is 2.43. The summed E-state index contributed by atoms with van der Waals surface area (Å²) in [4.78, 5) is 0. The molecule has 0 aliphatic carbocycles. The molecule has 0 fully saturated rings. The van der Waals surface area contributed by atoms with Gasteiger partial charge in [-0.1, -0.05) is 58.7 Å². The molecule has 0 spiro atoms. The van der Waals surface area contributed by atoms with E-state index in [-0.39, 0.29) is 0 Å². The summed E-state index contributed by atoms with van der Waals surface area (Å²) in [6.07, 6.45) is 8.11. The van der Waals surface area contributed by atoms with Gasteiger partial charge in [0.15, 0.2) is 0 Å². The molecule has 0 bridgehead atoms.